The van der Waals surface area contributed by atoms with Gasteiger partial charge in [-0.1, -0.05) is 13.3 Å². The molecule has 0 aliphatic heterocycles. The Morgan fingerprint density at radius 3 is 2.81 bits per heavy atom. The second kappa shape index (κ2) is 6.12. The first kappa shape index (κ1) is 12.5. The molecule has 0 saturated heterocycles. The van der Waals surface area contributed by atoms with Gasteiger partial charge in [0.15, 0.2) is 0 Å². The molecule has 0 atom stereocenters. The van der Waals surface area contributed by atoms with Gasteiger partial charge in [-0.25, -0.2) is 0 Å². The minimum absolute atomic E-state index is 0.0741. The number of benzene rings is 1. The Hall–Kier alpha value is -1.55. The molecular weight excluding hydrogens is 204 g/mol. The molecule has 1 amide bonds. The van der Waals surface area contributed by atoms with E-state index in [1.165, 1.54) is 6.92 Å². The Morgan fingerprint density at radius 2 is 2.25 bits per heavy atom. The number of rotatable bonds is 5. The van der Waals surface area contributed by atoms with Crippen LogP contribution in [0.5, 0.6) is 5.75 Å². The van der Waals surface area contributed by atoms with E-state index in [9.17, 15) is 4.79 Å². The highest BCUT2D eigenvalue weighted by Crippen LogP contribution is 2.24. The van der Waals surface area contributed by atoms with Crippen molar-refractivity contribution >= 4 is 11.6 Å². The molecule has 1 rings (SSSR count). The van der Waals surface area contributed by atoms with Gasteiger partial charge in [0.05, 0.1) is 0 Å². The molecule has 0 radical (unpaired) electrons. The molecule has 0 aliphatic carbocycles. The lowest BCUT2D eigenvalue weighted by Crippen LogP contribution is -2.10. The van der Waals surface area contributed by atoms with Crippen molar-refractivity contribution in [1.82, 2.24) is 0 Å². The number of amides is 1. The van der Waals surface area contributed by atoms with Gasteiger partial charge < -0.3 is 10.1 Å². The molecule has 0 aliphatic rings. The number of carbonyl (C=O) groups is 1. The predicted octanol–water partition coefficient (Wildman–Crippen LogP) is 1.89. The Kier molecular flexibility index (Phi) is 4.79. The standard InChI is InChI=1S/C12H18N2O2/c1-3-4-10-7-11(14-9(2)15)5-6-12(10)16-8-13/h5-7H,3-4,8,13H2,1-2H3,(H,14,15). The zero-order valence-corrected chi connectivity index (χ0v) is 9.75. The van der Waals surface area contributed by atoms with Crippen LogP contribution < -0.4 is 15.8 Å². The average Bonchev–Trinajstić information content (AvgIpc) is 2.21. The van der Waals surface area contributed by atoms with Crippen LogP contribution in [0.25, 0.3) is 0 Å². The quantitative estimate of drug-likeness (QED) is 0.748. The fourth-order valence-electron chi connectivity index (χ4n) is 1.56. The van der Waals surface area contributed by atoms with Crippen molar-refractivity contribution in [3.8, 4) is 5.75 Å². The van der Waals surface area contributed by atoms with Gasteiger partial charge in [-0.05, 0) is 30.2 Å². The van der Waals surface area contributed by atoms with Crippen molar-refractivity contribution in [3.63, 3.8) is 0 Å². The van der Waals surface area contributed by atoms with Crippen molar-refractivity contribution < 1.29 is 9.53 Å². The van der Waals surface area contributed by atoms with E-state index in [0.717, 1.165) is 29.8 Å². The highest BCUT2D eigenvalue weighted by molar-refractivity contribution is 5.88. The second-order valence-corrected chi connectivity index (χ2v) is 3.56. The number of hydrogen-bond acceptors (Lipinski definition) is 3. The van der Waals surface area contributed by atoms with Crippen LogP contribution in [0, 0.1) is 0 Å². The molecule has 1 aromatic carbocycles. The molecule has 1 aromatic rings. The first-order chi connectivity index (χ1) is 7.67. The van der Waals surface area contributed by atoms with E-state index in [2.05, 4.69) is 12.2 Å². The number of hydrogen-bond donors (Lipinski definition) is 2. The lowest BCUT2D eigenvalue weighted by atomic mass is 10.1. The van der Waals surface area contributed by atoms with Crippen molar-refractivity contribution in [2.75, 3.05) is 12.0 Å². The maximum Gasteiger partial charge on any atom is 0.221 e. The maximum absolute atomic E-state index is 10.9. The van der Waals surface area contributed by atoms with Gasteiger partial charge >= 0.3 is 0 Å². The van der Waals surface area contributed by atoms with Crippen LogP contribution in [-0.2, 0) is 11.2 Å². The summed E-state index contributed by atoms with van der Waals surface area (Å²) in [4.78, 5) is 10.9. The van der Waals surface area contributed by atoms with E-state index >= 15 is 0 Å². The van der Waals surface area contributed by atoms with Gasteiger partial charge in [-0.15, -0.1) is 0 Å². The normalized spacial score (nSPS) is 9.94. The van der Waals surface area contributed by atoms with Gasteiger partial charge in [0.2, 0.25) is 5.91 Å². The summed E-state index contributed by atoms with van der Waals surface area (Å²) in [6, 6.07) is 5.57. The molecule has 0 fully saturated rings. The Bertz CT molecular complexity index is 364. The van der Waals surface area contributed by atoms with Crippen LogP contribution in [0.15, 0.2) is 18.2 Å². The fraction of sp³-hybridized carbons (Fsp3) is 0.417. The third-order valence-electron chi connectivity index (χ3n) is 2.14. The number of carbonyl (C=O) groups excluding carboxylic acids is 1. The van der Waals surface area contributed by atoms with Crippen LogP contribution in [0.1, 0.15) is 25.8 Å². The van der Waals surface area contributed by atoms with Crippen molar-refractivity contribution in [1.29, 1.82) is 0 Å². The number of anilines is 1. The van der Waals surface area contributed by atoms with Crippen LogP contribution in [0.3, 0.4) is 0 Å². The lowest BCUT2D eigenvalue weighted by Gasteiger charge is -2.11. The third-order valence-corrected chi connectivity index (χ3v) is 2.14. The summed E-state index contributed by atoms with van der Waals surface area (Å²) in [5.41, 5.74) is 7.21. The van der Waals surface area contributed by atoms with Gasteiger partial charge in [-0.3, -0.25) is 10.5 Å². The topological polar surface area (TPSA) is 64.3 Å². The molecule has 88 valence electrons. The highest BCUT2D eigenvalue weighted by atomic mass is 16.5. The molecular formula is C12H18N2O2. The van der Waals surface area contributed by atoms with Crippen molar-refractivity contribution in [2.45, 2.75) is 26.7 Å². The second-order valence-electron chi connectivity index (χ2n) is 3.56. The van der Waals surface area contributed by atoms with Gasteiger partial charge in [0.25, 0.3) is 0 Å². The van der Waals surface area contributed by atoms with Gasteiger partial charge in [0, 0.05) is 12.6 Å². The lowest BCUT2D eigenvalue weighted by molar-refractivity contribution is -0.114. The molecule has 0 aromatic heterocycles. The molecule has 0 spiro atoms. The van der Waals surface area contributed by atoms with Crippen LogP contribution in [0.2, 0.25) is 0 Å². The van der Waals surface area contributed by atoms with Crippen molar-refractivity contribution in [2.24, 2.45) is 5.73 Å². The first-order valence-corrected chi connectivity index (χ1v) is 5.40. The van der Waals surface area contributed by atoms with E-state index in [1.54, 1.807) is 0 Å². The molecule has 0 bridgehead atoms. The summed E-state index contributed by atoms with van der Waals surface area (Å²) >= 11 is 0. The maximum atomic E-state index is 10.9. The van der Waals surface area contributed by atoms with E-state index in [0.29, 0.717) is 0 Å². The fourth-order valence-corrected chi connectivity index (χ4v) is 1.56. The Morgan fingerprint density at radius 1 is 1.50 bits per heavy atom. The van der Waals surface area contributed by atoms with Crippen LogP contribution in [-0.4, -0.2) is 12.6 Å². The molecule has 4 nitrogen and oxygen atoms in total. The minimum atomic E-state index is -0.0741. The van der Waals surface area contributed by atoms with Crippen molar-refractivity contribution in [3.05, 3.63) is 23.8 Å². The summed E-state index contributed by atoms with van der Waals surface area (Å²) in [6.45, 7) is 3.75. The predicted molar refractivity (Wildman–Crippen MR) is 64.4 cm³/mol. The number of nitrogens with one attached hydrogen (secondary N) is 1. The summed E-state index contributed by atoms with van der Waals surface area (Å²) in [5, 5.41) is 2.75. The van der Waals surface area contributed by atoms with Crippen LogP contribution >= 0.6 is 0 Å². The third kappa shape index (κ3) is 3.55. The molecule has 0 saturated carbocycles. The monoisotopic (exact) mass is 222 g/mol. The molecule has 4 heteroatoms. The van der Waals surface area contributed by atoms with Crippen LogP contribution in [0.4, 0.5) is 5.69 Å². The Labute approximate surface area is 95.8 Å². The van der Waals surface area contributed by atoms with E-state index in [-0.39, 0.29) is 12.6 Å². The number of ether oxygens (including phenoxy) is 1. The summed E-state index contributed by atoms with van der Waals surface area (Å²) in [7, 11) is 0. The largest absolute Gasteiger partial charge is 0.478 e. The molecule has 0 unspecified atom stereocenters. The summed E-state index contributed by atoms with van der Waals surface area (Å²) in [6.07, 6.45) is 1.92. The van der Waals surface area contributed by atoms with E-state index < -0.39 is 0 Å². The summed E-state index contributed by atoms with van der Waals surface area (Å²) < 4.78 is 5.31. The summed E-state index contributed by atoms with van der Waals surface area (Å²) in [5.74, 6) is 0.716. The zero-order valence-electron chi connectivity index (χ0n) is 9.75. The molecule has 3 N–H and O–H groups in total. The van der Waals surface area contributed by atoms with Gasteiger partial charge in [0.1, 0.15) is 12.5 Å². The first-order valence-electron chi connectivity index (χ1n) is 5.40. The number of nitrogens with two attached hydrogens (primary N) is 1. The minimum Gasteiger partial charge on any atom is -0.478 e. The van der Waals surface area contributed by atoms with Gasteiger partial charge in [-0.2, -0.15) is 0 Å². The highest BCUT2D eigenvalue weighted by Gasteiger charge is 2.05. The Balaban J connectivity index is 2.92. The van der Waals surface area contributed by atoms with E-state index in [1.807, 2.05) is 18.2 Å². The zero-order chi connectivity index (χ0) is 12.0. The number of aryl methyl sites for hydroxylation is 1. The SMILES string of the molecule is CCCc1cc(NC(C)=O)ccc1OCN. The average molecular weight is 222 g/mol. The van der Waals surface area contributed by atoms with E-state index in [4.69, 9.17) is 10.5 Å². The molecule has 0 heterocycles. The smallest absolute Gasteiger partial charge is 0.221 e. The molecule has 16 heavy (non-hydrogen) atoms.